The molecule has 0 spiro atoms. The van der Waals surface area contributed by atoms with Gasteiger partial charge in [-0.15, -0.1) is 5.10 Å². The molecule has 2 rings (SSSR count). The maximum atomic E-state index is 13.1. The lowest BCUT2D eigenvalue weighted by molar-refractivity contribution is -0.385. The van der Waals surface area contributed by atoms with Gasteiger partial charge in [-0.05, 0) is 17.7 Å². The van der Waals surface area contributed by atoms with Crippen molar-refractivity contribution in [2.75, 3.05) is 0 Å². The third kappa shape index (κ3) is 1.98. The van der Waals surface area contributed by atoms with E-state index in [4.69, 9.17) is 16.0 Å². The van der Waals surface area contributed by atoms with Crippen LogP contribution in [0.5, 0.6) is 0 Å². The fourth-order valence-electron chi connectivity index (χ4n) is 1.13. The first-order valence-electron chi connectivity index (χ1n) is 4.00. The first-order valence-corrected chi connectivity index (χ1v) is 4.38. The van der Waals surface area contributed by atoms with Crippen LogP contribution in [-0.2, 0) is 0 Å². The third-order valence-electron chi connectivity index (χ3n) is 1.74. The second kappa shape index (κ2) is 3.86. The van der Waals surface area contributed by atoms with E-state index >= 15 is 0 Å². The highest BCUT2D eigenvalue weighted by Crippen LogP contribution is 2.25. The molecule has 0 aliphatic carbocycles. The highest BCUT2D eigenvalue weighted by Gasteiger charge is 2.14. The Balaban J connectivity index is 2.53. The van der Waals surface area contributed by atoms with Crippen LogP contribution in [0.4, 0.5) is 10.1 Å². The molecule has 8 heteroatoms. The van der Waals surface area contributed by atoms with Gasteiger partial charge in [0.25, 0.3) is 5.69 Å². The standard InChI is InChI=1S/C8H3ClFN3O3/c9-8-12-11-7(16-8)4-1-5(10)3-6(2-4)13(14)15/h1-3H. The van der Waals surface area contributed by atoms with Crippen molar-refractivity contribution in [1.82, 2.24) is 10.2 Å². The van der Waals surface area contributed by atoms with E-state index in [9.17, 15) is 14.5 Å². The molecule has 1 heterocycles. The Hall–Kier alpha value is -2.02. The number of non-ortho nitro benzene ring substituents is 1. The van der Waals surface area contributed by atoms with Crippen LogP contribution in [-0.4, -0.2) is 15.1 Å². The van der Waals surface area contributed by atoms with Crippen molar-refractivity contribution >= 4 is 17.3 Å². The zero-order valence-electron chi connectivity index (χ0n) is 7.55. The summed E-state index contributed by atoms with van der Waals surface area (Å²) in [6, 6.07) is 2.95. The molecule has 16 heavy (non-hydrogen) atoms. The fourth-order valence-corrected chi connectivity index (χ4v) is 1.24. The van der Waals surface area contributed by atoms with Crippen LogP contribution < -0.4 is 0 Å². The van der Waals surface area contributed by atoms with Crippen LogP contribution >= 0.6 is 11.6 Å². The van der Waals surface area contributed by atoms with Crippen molar-refractivity contribution < 1.29 is 13.7 Å². The van der Waals surface area contributed by atoms with Gasteiger partial charge in [-0.3, -0.25) is 10.1 Å². The normalized spacial score (nSPS) is 10.4. The molecule has 1 aromatic carbocycles. The van der Waals surface area contributed by atoms with Gasteiger partial charge in [0.1, 0.15) is 5.82 Å². The second-order valence-corrected chi connectivity index (χ2v) is 3.14. The van der Waals surface area contributed by atoms with Gasteiger partial charge in [0.15, 0.2) is 0 Å². The number of aromatic nitrogens is 2. The summed E-state index contributed by atoms with van der Waals surface area (Å²) in [5.41, 5.74) is -0.296. The molecule has 0 N–H and O–H groups in total. The molecular formula is C8H3ClFN3O3. The van der Waals surface area contributed by atoms with Crippen molar-refractivity contribution in [3.05, 3.63) is 39.5 Å². The lowest BCUT2D eigenvalue weighted by Gasteiger charge is -1.96. The van der Waals surface area contributed by atoms with E-state index in [2.05, 4.69) is 10.2 Å². The van der Waals surface area contributed by atoms with Gasteiger partial charge in [-0.25, -0.2) is 4.39 Å². The maximum absolute atomic E-state index is 13.1. The molecule has 2 aromatic rings. The van der Waals surface area contributed by atoms with Gasteiger partial charge in [0, 0.05) is 11.6 Å². The number of nitro groups is 1. The van der Waals surface area contributed by atoms with Gasteiger partial charge in [0.05, 0.1) is 11.0 Å². The molecule has 0 saturated heterocycles. The number of hydrogen-bond donors (Lipinski definition) is 0. The average molecular weight is 244 g/mol. The molecule has 0 fully saturated rings. The van der Waals surface area contributed by atoms with Crippen molar-refractivity contribution in [2.24, 2.45) is 0 Å². The zero-order valence-corrected chi connectivity index (χ0v) is 8.31. The van der Waals surface area contributed by atoms with Crippen LogP contribution in [0.3, 0.4) is 0 Å². The lowest BCUT2D eigenvalue weighted by Crippen LogP contribution is -1.90. The van der Waals surface area contributed by atoms with Gasteiger partial charge < -0.3 is 4.42 Å². The summed E-state index contributed by atoms with van der Waals surface area (Å²) in [7, 11) is 0. The van der Waals surface area contributed by atoms with E-state index in [0.717, 1.165) is 18.2 Å². The summed E-state index contributed by atoms with van der Waals surface area (Å²) in [5, 5.41) is 17.1. The predicted molar refractivity (Wildman–Crippen MR) is 51.4 cm³/mol. The number of nitrogens with zero attached hydrogens (tertiary/aromatic N) is 3. The van der Waals surface area contributed by atoms with Crippen LogP contribution in [0.1, 0.15) is 0 Å². The highest BCUT2D eigenvalue weighted by atomic mass is 35.5. The number of nitro benzene ring substituents is 1. The predicted octanol–water partition coefficient (Wildman–Crippen LogP) is 2.44. The number of benzene rings is 1. The maximum Gasteiger partial charge on any atom is 0.313 e. The number of hydrogen-bond acceptors (Lipinski definition) is 5. The zero-order chi connectivity index (χ0) is 11.7. The largest absolute Gasteiger partial charge is 0.407 e. The summed E-state index contributed by atoms with van der Waals surface area (Å²) in [4.78, 5) is 9.77. The molecule has 82 valence electrons. The minimum atomic E-state index is -0.765. The molecule has 0 radical (unpaired) electrons. The quantitative estimate of drug-likeness (QED) is 0.598. The summed E-state index contributed by atoms with van der Waals surface area (Å²) >= 11 is 5.38. The minimum absolute atomic E-state index is 0.0763. The Morgan fingerprint density at radius 2 is 2.12 bits per heavy atom. The monoisotopic (exact) mass is 243 g/mol. The van der Waals surface area contributed by atoms with E-state index in [1.165, 1.54) is 0 Å². The van der Waals surface area contributed by atoms with Crippen LogP contribution in [0, 0.1) is 15.9 Å². The smallest absolute Gasteiger partial charge is 0.313 e. The van der Waals surface area contributed by atoms with Gasteiger partial charge in [-0.1, -0.05) is 5.10 Å². The number of rotatable bonds is 2. The summed E-state index contributed by atoms with van der Waals surface area (Å²) in [6.45, 7) is 0. The Kier molecular flexibility index (Phi) is 2.53. The van der Waals surface area contributed by atoms with E-state index in [1.807, 2.05) is 0 Å². The van der Waals surface area contributed by atoms with Gasteiger partial charge in [-0.2, -0.15) is 0 Å². The summed E-state index contributed by atoms with van der Waals surface area (Å²) < 4.78 is 17.9. The van der Waals surface area contributed by atoms with Crippen LogP contribution in [0.2, 0.25) is 5.35 Å². The molecule has 0 bridgehead atoms. The Bertz CT molecular complexity index is 557. The SMILES string of the molecule is O=[N+]([O-])c1cc(F)cc(-c2nnc(Cl)o2)c1. The van der Waals surface area contributed by atoms with Crippen LogP contribution in [0.15, 0.2) is 22.6 Å². The lowest BCUT2D eigenvalue weighted by atomic mass is 10.2. The van der Waals surface area contributed by atoms with Crippen LogP contribution in [0.25, 0.3) is 11.5 Å². The Labute approximate surface area is 92.8 Å². The fraction of sp³-hybridized carbons (Fsp3) is 0. The average Bonchev–Trinajstić information content (AvgIpc) is 2.64. The van der Waals surface area contributed by atoms with Crippen molar-refractivity contribution in [2.45, 2.75) is 0 Å². The molecular weight excluding hydrogens is 241 g/mol. The molecule has 0 atom stereocenters. The second-order valence-electron chi connectivity index (χ2n) is 2.82. The Morgan fingerprint density at radius 1 is 1.38 bits per heavy atom. The molecule has 0 unspecified atom stereocenters. The molecule has 0 saturated carbocycles. The number of halogens is 2. The van der Waals surface area contributed by atoms with E-state index in [1.54, 1.807) is 0 Å². The van der Waals surface area contributed by atoms with E-state index in [0.29, 0.717) is 0 Å². The van der Waals surface area contributed by atoms with Crippen molar-refractivity contribution in [3.8, 4) is 11.5 Å². The first kappa shape index (κ1) is 10.5. The third-order valence-corrected chi connectivity index (χ3v) is 1.89. The summed E-state index contributed by atoms with van der Waals surface area (Å²) in [5.74, 6) is -0.842. The van der Waals surface area contributed by atoms with Gasteiger partial charge in [0.2, 0.25) is 5.89 Å². The molecule has 6 nitrogen and oxygen atoms in total. The molecule has 0 aliphatic heterocycles. The van der Waals surface area contributed by atoms with Crippen molar-refractivity contribution in [3.63, 3.8) is 0 Å². The summed E-state index contributed by atoms with van der Waals surface area (Å²) in [6.07, 6.45) is 0. The topological polar surface area (TPSA) is 82.1 Å². The minimum Gasteiger partial charge on any atom is -0.407 e. The Morgan fingerprint density at radius 3 is 2.69 bits per heavy atom. The van der Waals surface area contributed by atoms with E-state index < -0.39 is 16.4 Å². The highest BCUT2D eigenvalue weighted by molar-refractivity contribution is 6.27. The van der Waals surface area contributed by atoms with Gasteiger partial charge >= 0.3 is 5.35 Å². The molecule has 1 aromatic heterocycles. The molecule has 0 aliphatic rings. The van der Waals surface area contributed by atoms with E-state index in [-0.39, 0.29) is 16.8 Å². The van der Waals surface area contributed by atoms with Crippen molar-refractivity contribution in [1.29, 1.82) is 0 Å². The first-order chi connectivity index (χ1) is 7.56. The molecule has 0 amide bonds.